The molecule has 362 valence electrons. The van der Waals surface area contributed by atoms with Crippen LogP contribution >= 0.6 is 0 Å². The summed E-state index contributed by atoms with van der Waals surface area (Å²) in [6, 6.07) is 1.54. The number of alkyl halides is 3. The Balaban J connectivity index is 1.90. The predicted molar refractivity (Wildman–Crippen MR) is 228 cm³/mol. The van der Waals surface area contributed by atoms with E-state index in [-0.39, 0.29) is 38.3 Å². The highest BCUT2D eigenvalue weighted by molar-refractivity contribution is 5.98. The number of carbonyl (C=O) groups is 9. The van der Waals surface area contributed by atoms with Gasteiger partial charge in [0, 0.05) is 12.8 Å². The second kappa shape index (κ2) is 24.0. The number of hydrogen-bond acceptors (Lipinski definition) is 11. The highest BCUT2D eigenvalue weighted by atomic mass is 19.4. The van der Waals surface area contributed by atoms with Gasteiger partial charge < -0.3 is 56.4 Å². The number of aryl methyl sites for hydroxylation is 1. The van der Waals surface area contributed by atoms with Crippen LogP contribution < -0.4 is 41.4 Å². The lowest BCUT2D eigenvalue weighted by Crippen LogP contribution is -2.62. The minimum atomic E-state index is -4.79. The first kappa shape index (κ1) is 53.6. The maximum absolute atomic E-state index is 14.3. The fourth-order valence-corrected chi connectivity index (χ4v) is 6.76. The van der Waals surface area contributed by atoms with E-state index in [1.807, 2.05) is 5.32 Å². The van der Waals surface area contributed by atoms with Gasteiger partial charge in [-0.05, 0) is 59.9 Å². The number of ether oxygens (including phenoxy) is 2. The van der Waals surface area contributed by atoms with Crippen molar-refractivity contribution in [3.63, 3.8) is 0 Å². The third kappa shape index (κ3) is 17.7. The molecule has 0 aromatic heterocycles. The molecule has 0 spiro atoms. The van der Waals surface area contributed by atoms with Crippen LogP contribution in [-0.2, 0) is 56.0 Å². The van der Waals surface area contributed by atoms with Crippen molar-refractivity contribution in [2.24, 2.45) is 11.3 Å². The number of nitrogens with one attached hydrogen (secondary N) is 6. The molecule has 6 amide bonds. The molecule has 1 unspecified atom stereocenters. The Morgan fingerprint density at radius 3 is 1.91 bits per heavy atom. The van der Waals surface area contributed by atoms with E-state index in [1.54, 1.807) is 77.9 Å². The van der Waals surface area contributed by atoms with E-state index in [1.165, 1.54) is 6.07 Å². The molecule has 0 aliphatic carbocycles. The SMILES string of the molecule is Cc1ccccc1C[C@H](NC(=O)[C@H](CCC(=O)O)NC(=O)[C@H](CC(=O)O)NC(=O)Cc1ccc2c(c1)OCO2)C(=O)N[C@H](C(=O)N[C@@H](CC(C)C)C(=O)NC(C=O)CC(F)(F)F)C(C)(C)C. The van der Waals surface area contributed by atoms with Crippen LogP contribution in [0.4, 0.5) is 13.2 Å². The first-order chi connectivity index (χ1) is 30.8. The van der Waals surface area contributed by atoms with Crippen molar-refractivity contribution < 1.29 is 76.0 Å². The first-order valence-corrected chi connectivity index (χ1v) is 21.0. The molecule has 0 saturated carbocycles. The molecular weight excluding hydrogens is 878 g/mol. The molecule has 1 aliphatic heterocycles. The second-order valence-electron chi connectivity index (χ2n) is 17.3. The highest BCUT2D eigenvalue weighted by Gasteiger charge is 2.39. The van der Waals surface area contributed by atoms with E-state index in [0.717, 1.165) is 0 Å². The first-order valence-electron chi connectivity index (χ1n) is 21.0. The van der Waals surface area contributed by atoms with Crippen molar-refractivity contribution in [2.75, 3.05) is 6.79 Å². The Kier molecular flexibility index (Phi) is 19.5. The summed E-state index contributed by atoms with van der Waals surface area (Å²) in [4.78, 5) is 117. The van der Waals surface area contributed by atoms with Gasteiger partial charge in [0.2, 0.25) is 42.2 Å². The van der Waals surface area contributed by atoms with Gasteiger partial charge >= 0.3 is 18.1 Å². The van der Waals surface area contributed by atoms with Crippen molar-refractivity contribution in [1.29, 1.82) is 0 Å². The van der Waals surface area contributed by atoms with Crippen LogP contribution in [0.15, 0.2) is 42.5 Å². The van der Waals surface area contributed by atoms with Gasteiger partial charge in [-0.1, -0.05) is 65.0 Å². The standard InChI is InChI=1S/C44H57F3N6O13/c1-23(2)15-29(39(61)48-27(21-54)20-44(45,46)47)52-42(64)37(43(4,5)6)53-41(63)30(18-26-10-8-7-9-24(26)3)51-38(60)28(12-14-35(56)57)50-40(62)31(19-36(58)59)49-34(55)17-25-11-13-32-33(16-25)66-22-65-32/h7-11,13,16,21,23,27-31,37H,12,14-15,17-20,22H2,1-6H3,(H,48,61)(H,49,55)(H,50,62)(H,51,60)(H,52,64)(H,53,63)(H,56,57)(H,58,59)/t27?,28-,29-,30-,31-,37+/m0/s1. The van der Waals surface area contributed by atoms with Gasteiger partial charge in [-0.15, -0.1) is 0 Å². The molecule has 0 saturated heterocycles. The third-order valence-electron chi connectivity index (χ3n) is 10.1. The van der Waals surface area contributed by atoms with E-state index in [9.17, 15) is 66.5 Å². The summed E-state index contributed by atoms with van der Waals surface area (Å²) in [5.74, 6) is -8.35. The lowest BCUT2D eigenvalue weighted by molar-refractivity contribution is -0.147. The number of halogens is 3. The van der Waals surface area contributed by atoms with E-state index in [0.29, 0.717) is 28.2 Å². The summed E-state index contributed by atoms with van der Waals surface area (Å²) in [6.45, 7) is 9.75. The molecule has 8 N–H and O–H groups in total. The quantitative estimate of drug-likeness (QED) is 0.0701. The molecule has 66 heavy (non-hydrogen) atoms. The molecular formula is C44H57F3N6O13. The van der Waals surface area contributed by atoms with E-state index in [4.69, 9.17) is 9.47 Å². The third-order valence-corrected chi connectivity index (χ3v) is 10.1. The van der Waals surface area contributed by atoms with Gasteiger partial charge in [0.15, 0.2) is 11.5 Å². The molecule has 19 nitrogen and oxygen atoms in total. The molecule has 0 fully saturated rings. The molecule has 1 heterocycles. The molecule has 2 aromatic carbocycles. The average molecular weight is 935 g/mol. The van der Waals surface area contributed by atoms with Crippen LogP contribution in [0.5, 0.6) is 11.5 Å². The summed E-state index contributed by atoms with van der Waals surface area (Å²) < 4.78 is 49.8. The normalized spacial score (nSPS) is 14.9. The van der Waals surface area contributed by atoms with Crippen LogP contribution in [0.25, 0.3) is 0 Å². The number of fused-ring (bicyclic) bond motifs is 1. The Hall–Kier alpha value is -6.74. The van der Waals surface area contributed by atoms with Crippen molar-refractivity contribution in [3.05, 3.63) is 59.2 Å². The fourth-order valence-electron chi connectivity index (χ4n) is 6.76. The smallest absolute Gasteiger partial charge is 0.391 e. The average Bonchev–Trinajstić information content (AvgIpc) is 3.67. The van der Waals surface area contributed by atoms with Crippen LogP contribution in [0.3, 0.4) is 0 Å². The number of hydrogen-bond donors (Lipinski definition) is 8. The lowest BCUT2D eigenvalue weighted by atomic mass is 9.85. The number of carboxylic acids is 2. The zero-order valence-electron chi connectivity index (χ0n) is 37.3. The minimum absolute atomic E-state index is 0.0265. The zero-order valence-corrected chi connectivity index (χ0v) is 37.3. The van der Waals surface area contributed by atoms with Crippen LogP contribution in [-0.4, -0.2) is 113 Å². The minimum Gasteiger partial charge on any atom is -0.481 e. The lowest BCUT2D eigenvalue weighted by Gasteiger charge is -2.34. The Labute approximate surface area is 378 Å². The zero-order chi connectivity index (χ0) is 49.5. The van der Waals surface area contributed by atoms with Crippen molar-refractivity contribution in [1.82, 2.24) is 31.9 Å². The molecule has 0 bridgehead atoms. The fraction of sp³-hybridized carbons (Fsp3) is 0.523. The van der Waals surface area contributed by atoms with Crippen LogP contribution in [0.1, 0.15) is 83.4 Å². The molecule has 1 aliphatic rings. The summed E-state index contributed by atoms with van der Waals surface area (Å²) in [7, 11) is 0. The van der Waals surface area contributed by atoms with Crippen LogP contribution in [0, 0.1) is 18.3 Å². The topological polar surface area (TPSA) is 285 Å². The highest BCUT2D eigenvalue weighted by Crippen LogP contribution is 2.32. The van der Waals surface area contributed by atoms with Gasteiger partial charge in [-0.2, -0.15) is 13.2 Å². The molecule has 22 heteroatoms. The number of aliphatic carboxylic acids is 2. The van der Waals surface area contributed by atoms with Gasteiger partial charge in [0.25, 0.3) is 0 Å². The van der Waals surface area contributed by atoms with Gasteiger partial charge in [0.1, 0.15) is 36.5 Å². The number of benzene rings is 2. The Bertz CT molecular complexity index is 2110. The Morgan fingerprint density at radius 1 is 0.727 bits per heavy atom. The maximum Gasteiger partial charge on any atom is 0.391 e. The van der Waals surface area contributed by atoms with Crippen molar-refractivity contribution >= 4 is 53.7 Å². The summed E-state index contributed by atoms with van der Waals surface area (Å²) >= 11 is 0. The van der Waals surface area contributed by atoms with Gasteiger partial charge in [0.05, 0.1) is 25.3 Å². The van der Waals surface area contributed by atoms with E-state index >= 15 is 0 Å². The number of aldehydes is 1. The number of rotatable bonds is 24. The molecule has 2 aromatic rings. The largest absolute Gasteiger partial charge is 0.481 e. The van der Waals surface area contributed by atoms with Crippen LogP contribution in [0.2, 0.25) is 0 Å². The summed E-state index contributed by atoms with van der Waals surface area (Å²) in [6.07, 6.45) is -9.31. The monoisotopic (exact) mass is 934 g/mol. The Morgan fingerprint density at radius 2 is 1.32 bits per heavy atom. The van der Waals surface area contributed by atoms with E-state index < -0.39 is 121 Å². The molecule has 6 atom stereocenters. The van der Waals surface area contributed by atoms with Gasteiger partial charge in [-0.25, -0.2) is 0 Å². The summed E-state index contributed by atoms with van der Waals surface area (Å²) in [5.41, 5.74) is 0.536. The molecule has 3 rings (SSSR count). The predicted octanol–water partition coefficient (Wildman–Crippen LogP) is 2.00. The second-order valence-corrected chi connectivity index (χ2v) is 17.3. The van der Waals surface area contributed by atoms with Crippen molar-refractivity contribution in [2.45, 2.75) is 129 Å². The maximum atomic E-state index is 14.3. The van der Waals surface area contributed by atoms with Gasteiger partial charge in [-0.3, -0.25) is 38.4 Å². The summed E-state index contributed by atoms with van der Waals surface area (Å²) in [5, 5.41) is 33.4. The van der Waals surface area contributed by atoms with E-state index in [2.05, 4.69) is 26.6 Å². The number of carbonyl (C=O) groups excluding carboxylic acids is 7. The number of amides is 6. The molecule has 0 radical (unpaired) electrons. The number of carboxylic acid groups (broad SMARTS) is 2. The van der Waals surface area contributed by atoms with Crippen molar-refractivity contribution in [3.8, 4) is 11.5 Å².